The summed E-state index contributed by atoms with van der Waals surface area (Å²) < 4.78 is 25.3. The first-order valence-electron chi connectivity index (χ1n) is 8.08. The van der Waals surface area contributed by atoms with Gasteiger partial charge in [-0.1, -0.05) is 29.8 Å². The van der Waals surface area contributed by atoms with E-state index in [1.165, 1.54) is 13.8 Å². The molecule has 2 unspecified atom stereocenters. The summed E-state index contributed by atoms with van der Waals surface area (Å²) in [6, 6.07) is 0. The van der Waals surface area contributed by atoms with Crippen molar-refractivity contribution in [3.05, 3.63) is 12.2 Å². The second-order valence-electron chi connectivity index (χ2n) is 6.68. The molecule has 26 heavy (non-hydrogen) atoms. The van der Waals surface area contributed by atoms with Crippen molar-refractivity contribution in [3.63, 3.8) is 0 Å². The van der Waals surface area contributed by atoms with Crippen LogP contribution in [0.5, 0.6) is 0 Å². The molecule has 0 aromatic heterocycles. The van der Waals surface area contributed by atoms with E-state index in [4.69, 9.17) is 42.1 Å². The van der Waals surface area contributed by atoms with E-state index in [9.17, 15) is 9.59 Å². The molecule has 0 rings (SSSR count). The first-order valence-corrected chi connectivity index (χ1v) is 8.96. The van der Waals surface area contributed by atoms with E-state index in [0.717, 1.165) is 0 Å². The van der Waals surface area contributed by atoms with Gasteiger partial charge in [0.05, 0.1) is 12.2 Å². The minimum Gasteiger partial charge on any atom is -0.430 e. The zero-order valence-corrected chi connectivity index (χ0v) is 17.6. The second-order valence-corrected chi connectivity index (χ2v) is 7.91. The lowest BCUT2D eigenvalue weighted by Gasteiger charge is -2.30. The van der Waals surface area contributed by atoms with Crippen molar-refractivity contribution < 1.29 is 33.3 Å². The first kappa shape index (κ1) is 24.8. The highest BCUT2D eigenvalue weighted by atomic mass is 35.5. The zero-order valence-electron chi connectivity index (χ0n) is 16.1. The summed E-state index contributed by atoms with van der Waals surface area (Å²) in [5, 5.41) is 0. The lowest BCUT2D eigenvalue weighted by Crippen LogP contribution is -2.34. The number of ether oxygens (including phenoxy) is 5. The summed E-state index contributed by atoms with van der Waals surface area (Å²) in [6.07, 6.45) is -1.32. The lowest BCUT2D eigenvalue weighted by atomic mass is 9.99. The van der Waals surface area contributed by atoms with E-state index < -0.39 is 34.6 Å². The number of alkyl halides is 2. The molecule has 0 fully saturated rings. The van der Waals surface area contributed by atoms with Crippen LogP contribution in [0.15, 0.2) is 12.2 Å². The molecule has 0 aliphatic heterocycles. The van der Waals surface area contributed by atoms with Crippen LogP contribution in [0.25, 0.3) is 0 Å². The van der Waals surface area contributed by atoms with E-state index in [0.29, 0.717) is 12.0 Å². The van der Waals surface area contributed by atoms with Crippen molar-refractivity contribution in [2.45, 2.75) is 70.3 Å². The van der Waals surface area contributed by atoms with Crippen LogP contribution in [0.2, 0.25) is 0 Å². The predicted molar refractivity (Wildman–Crippen MR) is 98.5 cm³/mol. The van der Waals surface area contributed by atoms with Crippen LogP contribution < -0.4 is 0 Å². The van der Waals surface area contributed by atoms with Crippen LogP contribution in [0.4, 0.5) is 9.59 Å². The van der Waals surface area contributed by atoms with E-state index in [2.05, 4.69) is 11.3 Å². The van der Waals surface area contributed by atoms with Gasteiger partial charge in [-0.15, -0.1) is 0 Å². The van der Waals surface area contributed by atoms with Gasteiger partial charge in [0.25, 0.3) is 0 Å². The number of hydrogen-bond donors (Lipinski definition) is 0. The van der Waals surface area contributed by atoms with Crippen molar-refractivity contribution in [1.82, 2.24) is 0 Å². The second kappa shape index (κ2) is 10.8. The number of rotatable bonds is 10. The van der Waals surface area contributed by atoms with Gasteiger partial charge in [-0.25, -0.2) is 9.59 Å². The van der Waals surface area contributed by atoms with Crippen molar-refractivity contribution in [3.8, 4) is 0 Å². The lowest BCUT2D eigenvalue weighted by molar-refractivity contribution is -0.0560. The van der Waals surface area contributed by atoms with E-state index >= 15 is 0 Å². The van der Waals surface area contributed by atoms with Crippen molar-refractivity contribution in [2.24, 2.45) is 0 Å². The molecule has 0 radical (unpaired) electrons. The molecule has 0 saturated carbocycles. The highest BCUT2D eigenvalue weighted by Gasteiger charge is 2.28. The maximum absolute atomic E-state index is 11.5. The topological polar surface area (TPSA) is 80.3 Å². The predicted octanol–water partition coefficient (Wildman–Crippen LogP) is 4.98. The average molecular weight is 415 g/mol. The summed E-state index contributed by atoms with van der Waals surface area (Å²) in [4.78, 5) is 22.8. The van der Waals surface area contributed by atoms with Crippen LogP contribution in [0, 0.1) is 0 Å². The zero-order chi connectivity index (χ0) is 20.5. The van der Waals surface area contributed by atoms with Crippen LogP contribution in [-0.4, -0.2) is 47.9 Å². The van der Waals surface area contributed by atoms with Crippen LogP contribution in [0.1, 0.15) is 48.0 Å². The number of carbonyl (C=O) groups is 2. The fourth-order valence-corrected chi connectivity index (χ4v) is 1.72. The third-order valence-corrected chi connectivity index (χ3v) is 3.44. The Labute approximate surface area is 164 Å². The van der Waals surface area contributed by atoms with Crippen molar-refractivity contribution in [2.75, 3.05) is 13.2 Å². The Morgan fingerprint density at radius 1 is 1.00 bits per heavy atom. The Morgan fingerprint density at radius 2 is 1.50 bits per heavy atom. The van der Waals surface area contributed by atoms with Gasteiger partial charge in [-0.05, 0) is 47.1 Å². The largest absolute Gasteiger partial charge is 0.510 e. The quantitative estimate of drug-likeness (QED) is 0.283. The van der Waals surface area contributed by atoms with Gasteiger partial charge < -0.3 is 23.7 Å². The maximum Gasteiger partial charge on any atom is 0.510 e. The SMILES string of the molecule is C=C(COC(=O)OC(C)Cl)C(C)(C)OCCC(C)(C)OC(=O)OC(C)Cl. The van der Waals surface area contributed by atoms with E-state index in [1.54, 1.807) is 27.7 Å². The molecule has 0 N–H and O–H groups in total. The Balaban J connectivity index is 4.34. The third-order valence-electron chi connectivity index (χ3n) is 3.26. The molecule has 0 aliphatic rings. The molecule has 0 aromatic rings. The third kappa shape index (κ3) is 11.4. The molecule has 9 heteroatoms. The van der Waals surface area contributed by atoms with Gasteiger partial charge in [0.1, 0.15) is 12.2 Å². The first-order chi connectivity index (χ1) is 11.7. The molecule has 7 nitrogen and oxygen atoms in total. The average Bonchev–Trinajstić information content (AvgIpc) is 2.41. The standard InChI is InChI=1S/C17H28Cl2O7/c1-11(10-22-14(20)24-12(2)18)17(6,7)23-9-8-16(4,5)26-15(21)25-13(3)19/h12-13H,1,8-10H2,2-7H3. The molecule has 0 heterocycles. The van der Waals surface area contributed by atoms with E-state index in [1.807, 2.05) is 0 Å². The fourth-order valence-electron chi connectivity index (χ4n) is 1.57. The van der Waals surface area contributed by atoms with Crippen LogP contribution >= 0.6 is 23.2 Å². The minimum atomic E-state index is -0.883. The summed E-state index contributed by atoms with van der Waals surface area (Å²) in [6.45, 7) is 14.1. The molecule has 0 aromatic carbocycles. The minimum absolute atomic E-state index is 0.0741. The van der Waals surface area contributed by atoms with Gasteiger partial charge in [0, 0.05) is 6.42 Å². The monoisotopic (exact) mass is 414 g/mol. The molecular weight excluding hydrogens is 387 g/mol. The molecule has 0 spiro atoms. The molecule has 0 saturated heterocycles. The molecule has 2 atom stereocenters. The van der Waals surface area contributed by atoms with Gasteiger partial charge in [-0.2, -0.15) is 0 Å². The van der Waals surface area contributed by atoms with E-state index in [-0.39, 0.29) is 13.2 Å². The molecule has 0 bridgehead atoms. The summed E-state index contributed by atoms with van der Waals surface area (Å²) in [5.41, 5.74) is -2.60. The van der Waals surface area contributed by atoms with Gasteiger partial charge >= 0.3 is 12.3 Å². The van der Waals surface area contributed by atoms with Crippen LogP contribution in [-0.2, 0) is 23.7 Å². The maximum atomic E-state index is 11.5. The highest BCUT2D eigenvalue weighted by Crippen LogP contribution is 2.23. The van der Waals surface area contributed by atoms with Gasteiger partial charge in [-0.3, -0.25) is 0 Å². The number of carbonyl (C=O) groups excluding carboxylic acids is 2. The summed E-state index contributed by atoms with van der Waals surface area (Å²) in [7, 11) is 0. The molecule has 152 valence electrons. The van der Waals surface area contributed by atoms with Crippen molar-refractivity contribution in [1.29, 1.82) is 0 Å². The Bertz CT molecular complexity index is 488. The molecule has 0 amide bonds. The fraction of sp³-hybridized carbons (Fsp3) is 0.765. The summed E-state index contributed by atoms with van der Waals surface area (Å²) >= 11 is 11.1. The Hall–Kier alpha value is -1.18. The molecular formula is C17H28Cl2O7. The Morgan fingerprint density at radius 3 is 2.00 bits per heavy atom. The normalized spacial score (nSPS) is 14.2. The number of hydrogen-bond acceptors (Lipinski definition) is 7. The highest BCUT2D eigenvalue weighted by molar-refractivity contribution is 6.20. The molecule has 0 aliphatic carbocycles. The summed E-state index contributed by atoms with van der Waals surface area (Å²) in [5.74, 6) is 0. The van der Waals surface area contributed by atoms with Crippen molar-refractivity contribution >= 4 is 35.5 Å². The van der Waals surface area contributed by atoms with Crippen LogP contribution in [0.3, 0.4) is 0 Å². The smallest absolute Gasteiger partial charge is 0.430 e. The van der Waals surface area contributed by atoms with Gasteiger partial charge in [0.15, 0.2) is 11.1 Å². The number of halogens is 2. The Kier molecular flexibility index (Phi) is 10.4. The van der Waals surface area contributed by atoms with Gasteiger partial charge in [0.2, 0.25) is 0 Å².